The number of hydrogen-bond acceptors (Lipinski definition) is 3. The zero-order valence-corrected chi connectivity index (χ0v) is 13.5. The van der Waals surface area contributed by atoms with Gasteiger partial charge >= 0.3 is 0 Å². The van der Waals surface area contributed by atoms with Crippen LogP contribution in [0.3, 0.4) is 0 Å². The van der Waals surface area contributed by atoms with E-state index in [-0.39, 0.29) is 5.54 Å². The highest BCUT2D eigenvalue weighted by Gasteiger charge is 2.45. The quantitative estimate of drug-likeness (QED) is 0.740. The summed E-state index contributed by atoms with van der Waals surface area (Å²) in [7, 11) is 2.23. The van der Waals surface area contributed by atoms with Crippen LogP contribution in [-0.4, -0.2) is 36.1 Å². The molecule has 1 N–H and O–H groups in total. The lowest BCUT2D eigenvalue weighted by Crippen LogP contribution is -2.49. The second-order valence-electron chi connectivity index (χ2n) is 7.00. The first-order chi connectivity index (χ1) is 9.61. The minimum Gasteiger partial charge on any atom is -0.304 e. The van der Waals surface area contributed by atoms with Crippen LogP contribution in [0.5, 0.6) is 0 Å². The second-order valence-corrected chi connectivity index (χ2v) is 7.00. The van der Waals surface area contributed by atoms with Crippen molar-refractivity contribution in [3.05, 3.63) is 0 Å². The van der Waals surface area contributed by atoms with Gasteiger partial charge in [-0.25, -0.2) is 0 Å². The first-order valence-electron chi connectivity index (χ1n) is 8.50. The van der Waals surface area contributed by atoms with Gasteiger partial charge in [0.05, 0.1) is 6.07 Å². The molecule has 0 aromatic heterocycles. The van der Waals surface area contributed by atoms with Crippen LogP contribution in [0.2, 0.25) is 0 Å². The molecule has 3 nitrogen and oxygen atoms in total. The largest absolute Gasteiger partial charge is 0.304 e. The van der Waals surface area contributed by atoms with Gasteiger partial charge in [0.15, 0.2) is 0 Å². The Morgan fingerprint density at radius 1 is 1.40 bits per heavy atom. The molecule has 0 radical (unpaired) electrons. The van der Waals surface area contributed by atoms with Gasteiger partial charge in [0, 0.05) is 12.1 Å². The second kappa shape index (κ2) is 6.91. The highest BCUT2D eigenvalue weighted by Crippen LogP contribution is 2.40. The molecule has 0 spiro atoms. The van der Waals surface area contributed by atoms with Gasteiger partial charge in [0.25, 0.3) is 0 Å². The lowest BCUT2D eigenvalue weighted by molar-refractivity contribution is 0.205. The third kappa shape index (κ3) is 3.74. The van der Waals surface area contributed by atoms with Gasteiger partial charge in [-0.3, -0.25) is 5.32 Å². The topological polar surface area (TPSA) is 39.1 Å². The van der Waals surface area contributed by atoms with Crippen molar-refractivity contribution in [2.75, 3.05) is 13.6 Å². The lowest BCUT2D eigenvalue weighted by atomic mass is 9.85. The summed E-state index contributed by atoms with van der Waals surface area (Å²) in [5, 5.41) is 13.4. The maximum atomic E-state index is 9.70. The molecule has 0 aromatic rings. The van der Waals surface area contributed by atoms with Crippen LogP contribution in [0, 0.1) is 17.2 Å². The van der Waals surface area contributed by atoms with Crippen LogP contribution in [0.15, 0.2) is 0 Å². The van der Waals surface area contributed by atoms with E-state index in [1.54, 1.807) is 0 Å². The van der Waals surface area contributed by atoms with Crippen LogP contribution >= 0.6 is 0 Å². The van der Waals surface area contributed by atoms with Crippen LogP contribution in [0.4, 0.5) is 0 Å². The fraction of sp³-hybridized carbons (Fsp3) is 0.941. The molecule has 0 aromatic carbocycles. The number of nitrogens with one attached hydrogen (secondary N) is 1. The highest BCUT2D eigenvalue weighted by molar-refractivity contribution is 5.16. The van der Waals surface area contributed by atoms with Crippen molar-refractivity contribution in [3.8, 4) is 6.07 Å². The molecule has 114 valence electrons. The van der Waals surface area contributed by atoms with E-state index < -0.39 is 0 Å². The first-order valence-corrected chi connectivity index (χ1v) is 8.50. The SMILES string of the molecule is CCCC(C)N(C)CCC1CCCC1(C#N)NC1CC1. The fourth-order valence-corrected chi connectivity index (χ4v) is 3.65. The predicted octanol–water partition coefficient (Wildman–Crippen LogP) is 3.31. The summed E-state index contributed by atoms with van der Waals surface area (Å²) in [6, 6.07) is 3.94. The molecule has 2 aliphatic carbocycles. The lowest BCUT2D eigenvalue weighted by Gasteiger charge is -2.32. The van der Waals surface area contributed by atoms with Crippen molar-refractivity contribution in [2.45, 2.75) is 82.8 Å². The molecule has 2 rings (SSSR count). The summed E-state index contributed by atoms with van der Waals surface area (Å²) in [6.45, 7) is 5.70. The monoisotopic (exact) mass is 277 g/mol. The van der Waals surface area contributed by atoms with Gasteiger partial charge in [0.1, 0.15) is 5.54 Å². The summed E-state index contributed by atoms with van der Waals surface area (Å²) < 4.78 is 0. The molecule has 3 atom stereocenters. The van der Waals surface area contributed by atoms with E-state index in [9.17, 15) is 5.26 Å². The van der Waals surface area contributed by atoms with Gasteiger partial charge < -0.3 is 4.90 Å². The molecule has 20 heavy (non-hydrogen) atoms. The summed E-state index contributed by atoms with van der Waals surface area (Å²) in [5.74, 6) is 0.546. The first kappa shape index (κ1) is 15.8. The van der Waals surface area contributed by atoms with Crippen LogP contribution in [0.25, 0.3) is 0 Å². The highest BCUT2D eigenvalue weighted by atomic mass is 15.1. The molecule has 0 aliphatic heterocycles. The van der Waals surface area contributed by atoms with E-state index in [1.165, 1.54) is 38.5 Å². The number of nitriles is 1. The molecule has 0 amide bonds. The Labute approximate surface area is 124 Å². The van der Waals surface area contributed by atoms with Crippen molar-refractivity contribution in [1.82, 2.24) is 10.2 Å². The molecule has 3 heteroatoms. The smallest absolute Gasteiger partial charge is 0.109 e. The summed E-state index contributed by atoms with van der Waals surface area (Å²) >= 11 is 0. The van der Waals surface area contributed by atoms with Crippen LogP contribution < -0.4 is 5.32 Å². The predicted molar refractivity (Wildman–Crippen MR) is 83.5 cm³/mol. The maximum Gasteiger partial charge on any atom is 0.109 e. The molecule has 2 aliphatic rings. The van der Waals surface area contributed by atoms with Gasteiger partial charge in [-0.1, -0.05) is 19.8 Å². The molecule has 2 fully saturated rings. The molecule has 0 saturated heterocycles. The van der Waals surface area contributed by atoms with Gasteiger partial charge in [-0.2, -0.15) is 5.26 Å². The van der Waals surface area contributed by atoms with Crippen LogP contribution in [-0.2, 0) is 0 Å². The van der Waals surface area contributed by atoms with E-state index in [4.69, 9.17) is 0 Å². The number of nitrogens with zero attached hydrogens (tertiary/aromatic N) is 2. The Balaban J connectivity index is 1.85. The number of rotatable bonds is 8. The van der Waals surface area contributed by atoms with Crippen molar-refractivity contribution in [3.63, 3.8) is 0 Å². The average Bonchev–Trinajstić information content (AvgIpc) is 3.16. The van der Waals surface area contributed by atoms with Crippen molar-refractivity contribution >= 4 is 0 Å². The summed E-state index contributed by atoms with van der Waals surface area (Å²) in [4.78, 5) is 2.47. The maximum absolute atomic E-state index is 9.70. The Kier molecular flexibility index (Phi) is 5.46. The Morgan fingerprint density at radius 2 is 2.15 bits per heavy atom. The Bertz CT molecular complexity index is 345. The zero-order valence-electron chi connectivity index (χ0n) is 13.5. The summed E-state index contributed by atoms with van der Waals surface area (Å²) in [5.41, 5.74) is -0.212. The van der Waals surface area contributed by atoms with E-state index in [1.807, 2.05) is 0 Å². The van der Waals surface area contributed by atoms with Crippen LogP contribution in [0.1, 0.15) is 65.2 Å². The molecule has 0 heterocycles. The minimum atomic E-state index is -0.212. The number of hydrogen-bond donors (Lipinski definition) is 1. The molecule has 2 saturated carbocycles. The zero-order chi connectivity index (χ0) is 14.6. The fourth-order valence-electron chi connectivity index (χ4n) is 3.65. The molecule has 3 unspecified atom stereocenters. The normalized spacial score (nSPS) is 31.4. The van der Waals surface area contributed by atoms with Gasteiger partial charge in [-0.15, -0.1) is 0 Å². The Morgan fingerprint density at radius 3 is 2.75 bits per heavy atom. The third-order valence-electron chi connectivity index (χ3n) is 5.35. The molecular weight excluding hydrogens is 246 g/mol. The van der Waals surface area contributed by atoms with E-state index >= 15 is 0 Å². The van der Waals surface area contributed by atoms with Gasteiger partial charge in [-0.05, 0) is 65.0 Å². The van der Waals surface area contributed by atoms with E-state index in [0.717, 1.165) is 19.4 Å². The summed E-state index contributed by atoms with van der Waals surface area (Å²) in [6.07, 6.45) is 9.71. The van der Waals surface area contributed by atoms with E-state index in [0.29, 0.717) is 18.0 Å². The molecule has 0 bridgehead atoms. The van der Waals surface area contributed by atoms with E-state index in [2.05, 4.69) is 37.2 Å². The Hall–Kier alpha value is -0.590. The standard InChI is InChI=1S/C17H31N3/c1-4-6-14(2)20(3)12-10-15-7-5-11-17(15,13-18)19-16-8-9-16/h14-16,19H,4-12H2,1-3H3. The minimum absolute atomic E-state index is 0.212. The molecular formula is C17H31N3. The van der Waals surface area contributed by atoms with Crippen molar-refractivity contribution in [2.24, 2.45) is 5.92 Å². The van der Waals surface area contributed by atoms with Gasteiger partial charge in [0.2, 0.25) is 0 Å². The van der Waals surface area contributed by atoms with Crippen molar-refractivity contribution in [1.29, 1.82) is 5.26 Å². The average molecular weight is 277 g/mol. The third-order valence-corrected chi connectivity index (χ3v) is 5.35. The van der Waals surface area contributed by atoms with Crippen molar-refractivity contribution < 1.29 is 0 Å².